The van der Waals surface area contributed by atoms with Gasteiger partial charge in [-0.15, -0.1) is 0 Å². The van der Waals surface area contributed by atoms with E-state index < -0.39 is 23.4 Å². The van der Waals surface area contributed by atoms with E-state index >= 15 is 0 Å². The number of nitrogens with two attached hydrogens (primary N) is 1. The van der Waals surface area contributed by atoms with E-state index in [4.69, 9.17) is 15.2 Å². The van der Waals surface area contributed by atoms with Crippen LogP contribution in [0, 0.1) is 0 Å². The summed E-state index contributed by atoms with van der Waals surface area (Å²) in [5, 5.41) is 6.22. The Hall–Kier alpha value is -2.13. The maximum Gasteiger partial charge on any atom is 0.417 e. The molecule has 0 aromatic heterocycles. The first-order valence-electron chi connectivity index (χ1n) is 15.4. The SMILES string of the molecule is C=C(C)CN(C(=O)OC(C)(C)C)C(=NCCCCCCCCNCCCCCCCCN)NC(=O)OC(C)(C)C. The van der Waals surface area contributed by atoms with Crippen LogP contribution < -0.4 is 16.4 Å². The van der Waals surface area contributed by atoms with Crippen molar-refractivity contribution < 1.29 is 19.1 Å². The second kappa shape index (κ2) is 21.6. The van der Waals surface area contributed by atoms with Gasteiger partial charge in [0.05, 0.1) is 6.54 Å². The van der Waals surface area contributed by atoms with E-state index in [1.54, 1.807) is 41.5 Å². The Kier molecular flexibility index (Phi) is 20.4. The molecule has 4 N–H and O–H groups in total. The normalized spacial score (nSPS) is 12.2. The monoisotopic (exact) mass is 567 g/mol. The van der Waals surface area contributed by atoms with E-state index in [0.717, 1.165) is 50.9 Å². The van der Waals surface area contributed by atoms with Crippen LogP contribution in [0.25, 0.3) is 0 Å². The van der Waals surface area contributed by atoms with Crippen molar-refractivity contribution >= 4 is 18.1 Å². The lowest BCUT2D eigenvalue weighted by Crippen LogP contribution is -2.50. The highest BCUT2D eigenvalue weighted by atomic mass is 16.6. The number of unbranched alkanes of at least 4 members (excludes halogenated alkanes) is 10. The van der Waals surface area contributed by atoms with Gasteiger partial charge in [-0.3, -0.25) is 10.3 Å². The highest BCUT2D eigenvalue weighted by Crippen LogP contribution is 2.13. The van der Waals surface area contributed by atoms with Crippen LogP contribution in [0.4, 0.5) is 9.59 Å². The summed E-state index contributed by atoms with van der Waals surface area (Å²) < 4.78 is 11.0. The van der Waals surface area contributed by atoms with Crippen LogP contribution in [0.1, 0.15) is 126 Å². The van der Waals surface area contributed by atoms with E-state index in [9.17, 15) is 9.59 Å². The van der Waals surface area contributed by atoms with Crippen LogP contribution in [-0.4, -0.2) is 67.0 Å². The lowest BCUT2D eigenvalue weighted by atomic mass is 10.1. The molecule has 0 aliphatic heterocycles. The molecule has 0 rings (SSSR count). The second-order valence-electron chi connectivity index (χ2n) is 12.6. The fraction of sp³-hybridized carbons (Fsp3) is 0.839. The number of carbonyl (C=O) groups is 2. The molecule has 0 aromatic carbocycles. The standard InChI is InChI=1S/C31H61N5O4/c1-26(2)25-36(29(38)40-31(6,7)8)27(35-28(37)39-30(3,4)5)34-24-20-16-12-11-15-19-23-33-22-18-14-10-9-13-17-21-32/h33H,1,9-25,32H2,2-8H3,(H,34,35,37). The molecule has 0 aliphatic carbocycles. The molecule has 0 aromatic rings. The predicted molar refractivity (Wildman–Crippen MR) is 167 cm³/mol. The number of alkyl carbamates (subject to hydrolysis) is 1. The maximum atomic E-state index is 13.0. The van der Waals surface area contributed by atoms with Gasteiger partial charge in [-0.05, 0) is 93.8 Å². The van der Waals surface area contributed by atoms with E-state index in [1.165, 1.54) is 56.3 Å². The Morgan fingerprint density at radius 2 is 1.25 bits per heavy atom. The molecule has 0 atom stereocenters. The number of rotatable bonds is 19. The Morgan fingerprint density at radius 1 is 0.775 bits per heavy atom. The van der Waals surface area contributed by atoms with E-state index in [0.29, 0.717) is 6.54 Å². The minimum Gasteiger partial charge on any atom is -0.444 e. The van der Waals surface area contributed by atoms with Gasteiger partial charge in [0.1, 0.15) is 11.2 Å². The summed E-state index contributed by atoms with van der Waals surface area (Å²) in [4.78, 5) is 31.4. The molecule has 0 radical (unpaired) electrons. The van der Waals surface area contributed by atoms with Crippen molar-refractivity contribution in [2.75, 3.05) is 32.7 Å². The van der Waals surface area contributed by atoms with Gasteiger partial charge in [0, 0.05) is 6.54 Å². The fourth-order valence-electron chi connectivity index (χ4n) is 3.88. The number of hydrogen-bond donors (Lipinski definition) is 3. The molecular formula is C31H61N5O4. The topological polar surface area (TPSA) is 118 Å². The first-order valence-corrected chi connectivity index (χ1v) is 15.4. The molecule has 0 fully saturated rings. The molecular weight excluding hydrogens is 506 g/mol. The van der Waals surface area contributed by atoms with Gasteiger partial charge < -0.3 is 20.5 Å². The quantitative estimate of drug-likeness (QED) is 0.0675. The number of amides is 2. The third kappa shape index (κ3) is 23.7. The number of ether oxygens (including phenoxy) is 2. The first kappa shape index (κ1) is 37.9. The van der Waals surface area contributed by atoms with Gasteiger partial charge in [-0.25, -0.2) is 14.5 Å². The van der Waals surface area contributed by atoms with Crippen molar-refractivity contribution in [3.05, 3.63) is 12.2 Å². The number of nitrogens with zero attached hydrogens (tertiary/aromatic N) is 2. The number of nitrogens with one attached hydrogen (secondary N) is 2. The van der Waals surface area contributed by atoms with Crippen molar-refractivity contribution in [1.82, 2.24) is 15.5 Å². The predicted octanol–water partition coefficient (Wildman–Crippen LogP) is 6.91. The highest BCUT2D eigenvalue weighted by molar-refractivity contribution is 6.01. The Morgan fingerprint density at radius 3 is 1.73 bits per heavy atom. The zero-order valence-electron chi connectivity index (χ0n) is 26.8. The van der Waals surface area contributed by atoms with Gasteiger partial charge in [-0.2, -0.15) is 0 Å². The molecule has 234 valence electrons. The second-order valence-corrected chi connectivity index (χ2v) is 12.6. The molecule has 40 heavy (non-hydrogen) atoms. The van der Waals surface area contributed by atoms with Crippen molar-refractivity contribution in [1.29, 1.82) is 0 Å². The highest BCUT2D eigenvalue weighted by Gasteiger charge is 2.28. The number of guanidine groups is 1. The van der Waals surface area contributed by atoms with E-state index in [2.05, 4.69) is 22.2 Å². The molecule has 0 bridgehead atoms. The summed E-state index contributed by atoms with van der Waals surface area (Å²) in [6.07, 6.45) is 13.0. The maximum absolute atomic E-state index is 13.0. The van der Waals surface area contributed by atoms with Crippen molar-refractivity contribution in [2.24, 2.45) is 10.7 Å². The van der Waals surface area contributed by atoms with Crippen LogP contribution in [0.15, 0.2) is 17.1 Å². The third-order valence-corrected chi connectivity index (χ3v) is 5.74. The van der Waals surface area contributed by atoms with E-state index in [-0.39, 0.29) is 12.5 Å². The number of aliphatic imine (C=N–C) groups is 1. The smallest absolute Gasteiger partial charge is 0.417 e. The van der Waals surface area contributed by atoms with Gasteiger partial charge in [0.2, 0.25) is 5.96 Å². The van der Waals surface area contributed by atoms with E-state index in [1.807, 2.05) is 6.92 Å². The average molecular weight is 568 g/mol. The lowest BCUT2D eigenvalue weighted by Gasteiger charge is -2.29. The molecule has 0 saturated heterocycles. The Bertz CT molecular complexity index is 741. The number of carbonyl (C=O) groups excluding carboxylic acids is 2. The molecule has 9 nitrogen and oxygen atoms in total. The molecule has 2 amide bonds. The van der Waals surface area contributed by atoms with Crippen molar-refractivity contribution in [2.45, 2.75) is 137 Å². The minimum absolute atomic E-state index is 0.119. The van der Waals surface area contributed by atoms with Crippen LogP contribution >= 0.6 is 0 Å². The Balaban J connectivity index is 4.57. The van der Waals surface area contributed by atoms with Crippen LogP contribution in [-0.2, 0) is 9.47 Å². The van der Waals surface area contributed by atoms with Crippen LogP contribution in [0.5, 0.6) is 0 Å². The zero-order valence-corrected chi connectivity index (χ0v) is 26.8. The zero-order chi connectivity index (χ0) is 30.4. The van der Waals surface area contributed by atoms with Gasteiger partial charge in [-0.1, -0.05) is 63.5 Å². The number of hydrogen-bond acceptors (Lipinski definition) is 7. The first-order chi connectivity index (χ1) is 18.7. The van der Waals surface area contributed by atoms with Gasteiger partial charge in [0.25, 0.3) is 0 Å². The molecule has 0 spiro atoms. The van der Waals surface area contributed by atoms with Gasteiger partial charge in [0.15, 0.2) is 0 Å². The third-order valence-electron chi connectivity index (χ3n) is 5.74. The van der Waals surface area contributed by atoms with Crippen LogP contribution in [0.2, 0.25) is 0 Å². The summed E-state index contributed by atoms with van der Waals surface area (Å²) in [5.41, 5.74) is 4.89. The van der Waals surface area contributed by atoms with Crippen molar-refractivity contribution in [3.63, 3.8) is 0 Å². The summed E-state index contributed by atoms with van der Waals surface area (Å²) in [6.45, 7) is 20.1. The summed E-state index contributed by atoms with van der Waals surface area (Å²) in [7, 11) is 0. The van der Waals surface area contributed by atoms with Crippen LogP contribution in [0.3, 0.4) is 0 Å². The molecule has 9 heteroatoms. The van der Waals surface area contributed by atoms with Gasteiger partial charge >= 0.3 is 12.2 Å². The molecule has 0 heterocycles. The lowest BCUT2D eigenvalue weighted by molar-refractivity contribution is 0.0369. The average Bonchev–Trinajstić information content (AvgIpc) is 2.81. The van der Waals surface area contributed by atoms with Crippen molar-refractivity contribution in [3.8, 4) is 0 Å². The molecule has 0 aliphatic rings. The summed E-state index contributed by atoms with van der Waals surface area (Å²) in [5.74, 6) is 0.119. The minimum atomic E-state index is -0.693. The molecule has 0 saturated carbocycles. The summed E-state index contributed by atoms with van der Waals surface area (Å²) in [6, 6.07) is 0. The fourth-order valence-corrected chi connectivity index (χ4v) is 3.88. The molecule has 0 unspecified atom stereocenters. The largest absolute Gasteiger partial charge is 0.444 e. The summed E-state index contributed by atoms with van der Waals surface area (Å²) >= 11 is 0. The Labute approximate surface area is 245 Å².